The molecule has 0 aliphatic carbocycles. The Morgan fingerprint density at radius 2 is 2.40 bits per heavy atom. The fourth-order valence-corrected chi connectivity index (χ4v) is 2.65. The second-order valence-electron chi connectivity index (χ2n) is 4.87. The first kappa shape index (κ1) is 15.1. The molecule has 1 aromatic carbocycles. The normalized spacial score (nSPS) is 18.0. The summed E-state index contributed by atoms with van der Waals surface area (Å²) in [6, 6.07) is 5.29. The predicted molar refractivity (Wildman–Crippen MR) is 79.7 cm³/mol. The second kappa shape index (κ2) is 6.95. The van der Waals surface area contributed by atoms with Crippen molar-refractivity contribution in [3.05, 3.63) is 28.2 Å². The Kier molecular flexibility index (Phi) is 5.25. The van der Waals surface area contributed by atoms with Crippen LogP contribution in [0.4, 0.5) is 4.79 Å². The summed E-state index contributed by atoms with van der Waals surface area (Å²) in [4.78, 5) is 12.6. The van der Waals surface area contributed by atoms with Crippen LogP contribution in [0, 0.1) is 0 Å². The zero-order valence-electron chi connectivity index (χ0n) is 11.5. The molecule has 0 saturated carbocycles. The van der Waals surface area contributed by atoms with E-state index in [2.05, 4.69) is 15.9 Å². The van der Waals surface area contributed by atoms with Crippen molar-refractivity contribution >= 4 is 22.0 Å². The number of carbonyl (C=O) groups excluding carboxylic acids is 1. The highest BCUT2D eigenvalue weighted by atomic mass is 79.9. The zero-order chi connectivity index (χ0) is 14.5. The maximum atomic E-state index is 11.1. The molecule has 1 aliphatic rings. The molecule has 0 bridgehead atoms. The summed E-state index contributed by atoms with van der Waals surface area (Å²) in [5, 5.41) is 0. The van der Waals surface area contributed by atoms with Gasteiger partial charge in [0.2, 0.25) is 0 Å². The number of halogens is 1. The van der Waals surface area contributed by atoms with Gasteiger partial charge in [0.05, 0.1) is 17.1 Å². The number of ether oxygens (including phenoxy) is 2. The van der Waals surface area contributed by atoms with Gasteiger partial charge in [-0.1, -0.05) is 12.1 Å². The summed E-state index contributed by atoms with van der Waals surface area (Å²) in [6.07, 6.45) is 2.27. The third kappa shape index (κ3) is 3.86. The number of amides is 2. The van der Waals surface area contributed by atoms with E-state index in [1.165, 1.54) is 4.90 Å². The summed E-state index contributed by atoms with van der Waals surface area (Å²) >= 11 is 3.48. The van der Waals surface area contributed by atoms with Gasteiger partial charge in [-0.15, -0.1) is 0 Å². The number of primary amides is 1. The number of hydrogen-bond acceptors (Lipinski definition) is 3. The van der Waals surface area contributed by atoms with Crippen LogP contribution in [0.2, 0.25) is 0 Å². The molecule has 5 nitrogen and oxygen atoms in total. The first-order valence-corrected chi connectivity index (χ1v) is 7.39. The third-order valence-electron chi connectivity index (χ3n) is 3.27. The smallest absolute Gasteiger partial charge is 0.314 e. The van der Waals surface area contributed by atoms with Crippen molar-refractivity contribution < 1.29 is 14.3 Å². The Bertz CT molecular complexity index is 475. The number of para-hydroxylation sites is 1. The number of benzene rings is 1. The molecule has 2 rings (SSSR count). The highest BCUT2D eigenvalue weighted by Gasteiger charge is 2.18. The average Bonchev–Trinajstić information content (AvgIpc) is 2.91. The predicted octanol–water partition coefficient (Wildman–Crippen LogP) is 2.52. The molecule has 110 valence electrons. The number of hydrogen-bond donors (Lipinski definition) is 1. The summed E-state index contributed by atoms with van der Waals surface area (Å²) in [5.74, 6) is 0.746. The maximum Gasteiger partial charge on any atom is 0.314 e. The largest absolute Gasteiger partial charge is 0.489 e. The summed E-state index contributed by atoms with van der Waals surface area (Å²) in [6.45, 7) is 1.74. The lowest BCUT2D eigenvalue weighted by molar-refractivity contribution is 0.0671. The summed E-state index contributed by atoms with van der Waals surface area (Å²) in [5.41, 5.74) is 6.18. The van der Waals surface area contributed by atoms with Gasteiger partial charge >= 0.3 is 6.03 Å². The molecule has 2 amide bonds. The van der Waals surface area contributed by atoms with E-state index < -0.39 is 6.03 Å². The van der Waals surface area contributed by atoms with Gasteiger partial charge in [-0.05, 0) is 34.8 Å². The van der Waals surface area contributed by atoms with Gasteiger partial charge in [-0.3, -0.25) is 0 Å². The van der Waals surface area contributed by atoms with E-state index in [-0.39, 0.29) is 6.10 Å². The number of urea groups is 1. The zero-order valence-corrected chi connectivity index (χ0v) is 13.1. The van der Waals surface area contributed by atoms with E-state index in [4.69, 9.17) is 15.2 Å². The molecular formula is C14H19BrN2O3. The third-order valence-corrected chi connectivity index (χ3v) is 3.89. The fourth-order valence-electron chi connectivity index (χ4n) is 2.13. The Hall–Kier alpha value is -1.27. The van der Waals surface area contributed by atoms with Crippen LogP contribution >= 0.6 is 15.9 Å². The number of carbonyl (C=O) groups is 1. The van der Waals surface area contributed by atoms with Crippen molar-refractivity contribution in [2.45, 2.75) is 25.5 Å². The lowest BCUT2D eigenvalue weighted by atomic mass is 10.2. The molecule has 20 heavy (non-hydrogen) atoms. The van der Waals surface area contributed by atoms with Crippen molar-refractivity contribution in [1.82, 2.24) is 4.90 Å². The molecule has 0 aromatic heterocycles. The Labute approximate surface area is 127 Å². The van der Waals surface area contributed by atoms with Gasteiger partial charge in [0.25, 0.3) is 0 Å². The van der Waals surface area contributed by atoms with Crippen LogP contribution < -0.4 is 10.5 Å². The molecule has 0 spiro atoms. The van der Waals surface area contributed by atoms with Crippen LogP contribution in [0.15, 0.2) is 22.7 Å². The van der Waals surface area contributed by atoms with Crippen LogP contribution in [0.5, 0.6) is 5.75 Å². The number of nitrogens with two attached hydrogens (primary N) is 1. The lowest BCUT2D eigenvalue weighted by Crippen LogP contribution is -2.31. The molecule has 1 aromatic rings. The molecule has 1 unspecified atom stereocenters. The molecule has 6 heteroatoms. The molecule has 1 saturated heterocycles. The van der Waals surface area contributed by atoms with E-state index >= 15 is 0 Å². The lowest BCUT2D eigenvalue weighted by Gasteiger charge is -2.19. The first-order valence-electron chi connectivity index (χ1n) is 6.60. The molecule has 1 aliphatic heterocycles. The molecule has 1 atom stereocenters. The average molecular weight is 343 g/mol. The topological polar surface area (TPSA) is 64.8 Å². The molecule has 2 N–H and O–H groups in total. The minimum atomic E-state index is -0.463. The SMILES string of the molecule is CN(Cc1cccc(Br)c1OCC1CCCO1)C(N)=O. The minimum Gasteiger partial charge on any atom is -0.489 e. The highest BCUT2D eigenvalue weighted by molar-refractivity contribution is 9.10. The van der Waals surface area contributed by atoms with Gasteiger partial charge < -0.3 is 20.1 Å². The maximum absolute atomic E-state index is 11.1. The van der Waals surface area contributed by atoms with Crippen molar-refractivity contribution in [2.24, 2.45) is 5.73 Å². The van der Waals surface area contributed by atoms with Crippen LogP contribution in [0.25, 0.3) is 0 Å². The summed E-state index contributed by atoms with van der Waals surface area (Å²) in [7, 11) is 1.66. The van der Waals surface area contributed by atoms with Gasteiger partial charge in [0.15, 0.2) is 0 Å². The Morgan fingerprint density at radius 1 is 1.60 bits per heavy atom. The van der Waals surface area contributed by atoms with Crippen molar-refractivity contribution in [3.8, 4) is 5.75 Å². The first-order chi connectivity index (χ1) is 9.58. The molecule has 1 fully saturated rings. The summed E-state index contributed by atoms with van der Waals surface area (Å²) < 4.78 is 12.3. The van der Waals surface area contributed by atoms with E-state index in [0.717, 1.165) is 35.2 Å². The highest BCUT2D eigenvalue weighted by Crippen LogP contribution is 2.30. The minimum absolute atomic E-state index is 0.156. The van der Waals surface area contributed by atoms with Gasteiger partial charge in [-0.25, -0.2) is 4.79 Å². The van der Waals surface area contributed by atoms with Gasteiger partial charge in [0, 0.05) is 19.2 Å². The quantitative estimate of drug-likeness (QED) is 0.894. The van der Waals surface area contributed by atoms with Crippen molar-refractivity contribution in [2.75, 3.05) is 20.3 Å². The monoisotopic (exact) mass is 342 g/mol. The Balaban J connectivity index is 2.06. The van der Waals surface area contributed by atoms with Crippen molar-refractivity contribution in [3.63, 3.8) is 0 Å². The Morgan fingerprint density at radius 3 is 3.05 bits per heavy atom. The van der Waals surface area contributed by atoms with E-state index in [0.29, 0.717) is 13.2 Å². The van der Waals surface area contributed by atoms with E-state index in [1.807, 2.05) is 18.2 Å². The van der Waals surface area contributed by atoms with Gasteiger partial charge in [-0.2, -0.15) is 0 Å². The fraction of sp³-hybridized carbons (Fsp3) is 0.500. The van der Waals surface area contributed by atoms with Gasteiger partial charge in [0.1, 0.15) is 12.4 Å². The van der Waals surface area contributed by atoms with Crippen LogP contribution in [0.3, 0.4) is 0 Å². The number of rotatable bonds is 5. The van der Waals surface area contributed by atoms with Crippen LogP contribution in [0.1, 0.15) is 18.4 Å². The van der Waals surface area contributed by atoms with Crippen LogP contribution in [-0.4, -0.2) is 37.3 Å². The van der Waals surface area contributed by atoms with Crippen LogP contribution in [-0.2, 0) is 11.3 Å². The number of nitrogens with zero attached hydrogens (tertiary/aromatic N) is 1. The molecule has 0 radical (unpaired) electrons. The molecular weight excluding hydrogens is 324 g/mol. The van der Waals surface area contributed by atoms with E-state index in [9.17, 15) is 4.79 Å². The van der Waals surface area contributed by atoms with E-state index in [1.54, 1.807) is 7.05 Å². The molecule has 1 heterocycles. The van der Waals surface area contributed by atoms with Crippen molar-refractivity contribution in [1.29, 1.82) is 0 Å². The second-order valence-corrected chi connectivity index (χ2v) is 5.72. The standard InChI is InChI=1S/C14H19BrN2O3/c1-17(14(16)18)8-10-4-2-6-12(15)13(10)20-9-11-5-3-7-19-11/h2,4,6,11H,3,5,7-9H2,1H3,(H2,16,18).